The van der Waals surface area contributed by atoms with Gasteiger partial charge < -0.3 is 10.2 Å². The van der Waals surface area contributed by atoms with Gasteiger partial charge in [0.1, 0.15) is 5.37 Å². The predicted molar refractivity (Wildman–Crippen MR) is 87.2 cm³/mol. The van der Waals surface area contributed by atoms with E-state index in [1.807, 2.05) is 0 Å². The van der Waals surface area contributed by atoms with Gasteiger partial charge in [-0.25, -0.2) is 8.42 Å². The summed E-state index contributed by atoms with van der Waals surface area (Å²) in [5.41, 5.74) is 0. The standard InChI is InChI=1S/C14H26N2O3S2/c1-2-21(18,19)14-11-20-10-9-16(14)13(17)7-6-12-5-3-4-8-15-12/h12,14-15H,2-11H2,1H3. The summed E-state index contributed by atoms with van der Waals surface area (Å²) in [5, 5.41) is 2.82. The van der Waals surface area contributed by atoms with E-state index >= 15 is 0 Å². The molecule has 2 unspecified atom stereocenters. The first-order chi connectivity index (χ1) is 10.0. The Bertz CT molecular complexity index is 447. The van der Waals surface area contributed by atoms with E-state index in [0.29, 0.717) is 24.8 Å². The molecule has 122 valence electrons. The molecule has 5 nitrogen and oxygen atoms in total. The minimum absolute atomic E-state index is 0.00435. The van der Waals surface area contributed by atoms with Crippen LogP contribution in [0.1, 0.15) is 39.0 Å². The van der Waals surface area contributed by atoms with Crippen LogP contribution < -0.4 is 5.32 Å². The Balaban J connectivity index is 1.92. The van der Waals surface area contributed by atoms with Gasteiger partial charge in [-0.2, -0.15) is 11.8 Å². The highest BCUT2D eigenvalue weighted by atomic mass is 32.2. The summed E-state index contributed by atoms with van der Waals surface area (Å²) >= 11 is 1.63. The first-order valence-corrected chi connectivity index (χ1v) is 10.7. The van der Waals surface area contributed by atoms with E-state index in [1.54, 1.807) is 23.6 Å². The molecule has 2 saturated heterocycles. The van der Waals surface area contributed by atoms with Crippen molar-refractivity contribution in [1.29, 1.82) is 0 Å². The number of nitrogens with zero attached hydrogens (tertiary/aromatic N) is 1. The summed E-state index contributed by atoms with van der Waals surface area (Å²) in [6.45, 7) is 3.25. The van der Waals surface area contributed by atoms with E-state index in [1.165, 1.54) is 12.8 Å². The Morgan fingerprint density at radius 2 is 2.19 bits per heavy atom. The highest BCUT2D eigenvalue weighted by Crippen LogP contribution is 2.23. The van der Waals surface area contributed by atoms with Crippen LogP contribution in [0, 0.1) is 0 Å². The van der Waals surface area contributed by atoms with Gasteiger partial charge in [-0.3, -0.25) is 4.79 Å². The van der Waals surface area contributed by atoms with Crippen molar-refractivity contribution in [3.63, 3.8) is 0 Å². The van der Waals surface area contributed by atoms with Crippen LogP contribution in [0.2, 0.25) is 0 Å². The van der Waals surface area contributed by atoms with Crippen LogP contribution in [0.3, 0.4) is 0 Å². The molecule has 0 bridgehead atoms. The van der Waals surface area contributed by atoms with Gasteiger partial charge in [0.15, 0.2) is 9.84 Å². The van der Waals surface area contributed by atoms with Crippen molar-refractivity contribution >= 4 is 27.5 Å². The highest BCUT2D eigenvalue weighted by Gasteiger charge is 2.35. The average Bonchev–Trinajstić information content (AvgIpc) is 2.53. The lowest BCUT2D eigenvalue weighted by Gasteiger charge is -2.35. The van der Waals surface area contributed by atoms with Gasteiger partial charge in [0.2, 0.25) is 5.91 Å². The van der Waals surface area contributed by atoms with Crippen molar-refractivity contribution in [3.05, 3.63) is 0 Å². The van der Waals surface area contributed by atoms with Gasteiger partial charge in [0.25, 0.3) is 0 Å². The number of nitrogens with one attached hydrogen (secondary N) is 1. The lowest BCUT2D eigenvalue weighted by atomic mass is 10.0. The second kappa shape index (κ2) is 7.83. The number of carbonyl (C=O) groups is 1. The third kappa shape index (κ3) is 4.60. The van der Waals surface area contributed by atoms with Crippen molar-refractivity contribution in [3.8, 4) is 0 Å². The van der Waals surface area contributed by atoms with E-state index < -0.39 is 15.2 Å². The minimum atomic E-state index is -3.19. The molecule has 0 spiro atoms. The van der Waals surface area contributed by atoms with Crippen LogP contribution in [0.25, 0.3) is 0 Å². The lowest BCUT2D eigenvalue weighted by Crippen LogP contribution is -2.51. The lowest BCUT2D eigenvalue weighted by molar-refractivity contribution is -0.131. The number of amides is 1. The van der Waals surface area contributed by atoms with E-state index in [2.05, 4.69) is 5.32 Å². The Kier molecular flexibility index (Phi) is 6.37. The van der Waals surface area contributed by atoms with Gasteiger partial charge in [-0.05, 0) is 25.8 Å². The molecule has 0 aromatic heterocycles. The number of rotatable bonds is 5. The van der Waals surface area contributed by atoms with Crippen LogP contribution in [-0.2, 0) is 14.6 Å². The Labute approximate surface area is 132 Å². The summed E-state index contributed by atoms with van der Waals surface area (Å²) in [4.78, 5) is 14.0. The maximum atomic E-state index is 12.4. The number of hydrogen-bond acceptors (Lipinski definition) is 5. The van der Waals surface area contributed by atoms with Crippen LogP contribution >= 0.6 is 11.8 Å². The second-order valence-corrected chi connectivity index (χ2v) is 9.35. The SMILES string of the molecule is CCS(=O)(=O)C1CSCCN1C(=O)CCC1CCCCN1. The third-order valence-electron chi connectivity index (χ3n) is 4.34. The van der Waals surface area contributed by atoms with Gasteiger partial charge in [-0.1, -0.05) is 13.3 Å². The molecule has 2 fully saturated rings. The predicted octanol–water partition coefficient (Wildman–Crippen LogP) is 1.24. The molecule has 21 heavy (non-hydrogen) atoms. The molecule has 2 rings (SSSR count). The fourth-order valence-corrected chi connectivity index (χ4v) is 5.96. The van der Waals surface area contributed by atoms with E-state index in [-0.39, 0.29) is 11.7 Å². The zero-order chi connectivity index (χ0) is 15.3. The van der Waals surface area contributed by atoms with Crippen LogP contribution in [-0.4, -0.2) is 61.0 Å². The first-order valence-electron chi connectivity index (χ1n) is 7.86. The van der Waals surface area contributed by atoms with Crippen LogP contribution in [0.5, 0.6) is 0 Å². The monoisotopic (exact) mass is 334 g/mol. The quantitative estimate of drug-likeness (QED) is 0.819. The molecule has 1 amide bonds. The summed E-state index contributed by atoms with van der Waals surface area (Å²) < 4.78 is 24.3. The normalized spacial score (nSPS) is 27.6. The largest absolute Gasteiger partial charge is 0.324 e. The molecule has 7 heteroatoms. The zero-order valence-electron chi connectivity index (χ0n) is 12.7. The summed E-state index contributed by atoms with van der Waals surface area (Å²) in [7, 11) is -3.19. The number of sulfone groups is 1. The molecule has 0 aliphatic carbocycles. The molecule has 0 saturated carbocycles. The molecule has 0 aromatic carbocycles. The smallest absolute Gasteiger partial charge is 0.223 e. The van der Waals surface area contributed by atoms with Gasteiger partial charge in [0, 0.05) is 36.3 Å². The highest BCUT2D eigenvalue weighted by molar-refractivity contribution is 8.01. The van der Waals surface area contributed by atoms with E-state index in [9.17, 15) is 13.2 Å². The molecule has 2 aliphatic heterocycles. The molecular weight excluding hydrogens is 308 g/mol. The topological polar surface area (TPSA) is 66.5 Å². The van der Waals surface area contributed by atoms with Crippen molar-refractivity contribution in [2.45, 2.75) is 50.4 Å². The molecule has 2 heterocycles. The minimum Gasteiger partial charge on any atom is -0.324 e. The second-order valence-electron chi connectivity index (χ2n) is 5.75. The molecular formula is C14H26N2O3S2. The third-order valence-corrected chi connectivity index (χ3v) is 7.63. The van der Waals surface area contributed by atoms with Crippen LogP contribution in [0.4, 0.5) is 0 Å². The van der Waals surface area contributed by atoms with Gasteiger partial charge >= 0.3 is 0 Å². The fraction of sp³-hybridized carbons (Fsp3) is 0.929. The maximum Gasteiger partial charge on any atom is 0.223 e. The average molecular weight is 335 g/mol. The first kappa shape index (κ1) is 17.1. The van der Waals surface area contributed by atoms with Gasteiger partial charge in [0.05, 0.1) is 0 Å². The molecule has 0 radical (unpaired) electrons. The number of carbonyl (C=O) groups excluding carboxylic acids is 1. The fourth-order valence-electron chi connectivity index (χ4n) is 2.97. The number of thioether (sulfide) groups is 1. The van der Waals surface area contributed by atoms with Gasteiger partial charge in [-0.15, -0.1) is 0 Å². The summed E-state index contributed by atoms with van der Waals surface area (Å²) in [5.74, 6) is 1.46. The Hall–Kier alpha value is -0.270. The number of piperidine rings is 1. The molecule has 2 atom stereocenters. The summed E-state index contributed by atoms with van der Waals surface area (Å²) in [6.07, 6.45) is 4.84. The zero-order valence-corrected chi connectivity index (χ0v) is 14.3. The van der Waals surface area contributed by atoms with Crippen LogP contribution in [0.15, 0.2) is 0 Å². The number of hydrogen-bond donors (Lipinski definition) is 1. The van der Waals surface area contributed by atoms with Crippen molar-refractivity contribution in [1.82, 2.24) is 10.2 Å². The van der Waals surface area contributed by atoms with Crippen molar-refractivity contribution in [2.75, 3.05) is 30.3 Å². The van der Waals surface area contributed by atoms with Crippen molar-refractivity contribution < 1.29 is 13.2 Å². The molecule has 0 aromatic rings. The molecule has 1 N–H and O–H groups in total. The maximum absolute atomic E-state index is 12.4. The summed E-state index contributed by atoms with van der Waals surface area (Å²) in [6, 6.07) is 0.420. The van der Waals surface area contributed by atoms with E-state index in [4.69, 9.17) is 0 Å². The van der Waals surface area contributed by atoms with E-state index in [0.717, 1.165) is 25.1 Å². The Morgan fingerprint density at radius 1 is 1.38 bits per heavy atom. The Morgan fingerprint density at radius 3 is 2.86 bits per heavy atom. The molecule has 2 aliphatic rings. The van der Waals surface area contributed by atoms with Crippen molar-refractivity contribution in [2.24, 2.45) is 0 Å².